The average molecular weight is 359 g/mol. The number of carbonyl (C=O) groups is 1. The molecule has 1 aromatic heterocycles. The molecule has 1 unspecified atom stereocenters. The molecule has 1 fully saturated rings. The van der Waals surface area contributed by atoms with Crippen LogP contribution in [0.5, 0.6) is 0 Å². The molecule has 1 aliphatic heterocycles. The highest BCUT2D eigenvalue weighted by Gasteiger charge is 2.27. The van der Waals surface area contributed by atoms with Gasteiger partial charge in [0.15, 0.2) is 0 Å². The SMILES string of the molecule is CN(C)c1ccc(Cl)cc1NC(=O)C1CCCN(c2ccccn2)C1. The monoisotopic (exact) mass is 358 g/mol. The number of aromatic nitrogens is 1. The molecule has 1 aliphatic rings. The average Bonchev–Trinajstić information content (AvgIpc) is 2.62. The van der Waals surface area contributed by atoms with Gasteiger partial charge in [-0.3, -0.25) is 4.79 Å². The smallest absolute Gasteiger partial charge is 0.229 e. The van der Waals surface area contributed by atoms with Crippen molar-refractivity contribution in [2.45, 2.75) is 12.8 Å². The van der Waals surface area contributed by atoms with Crippen LogP contribution in [-0.2, 0) is 4.79 Å². The summed E-state index contributed by atoms with van der Waals surface area (Å²) in [5, 5.41) is 3.67. The lowest BCUT2D eigenvalue weighted by Crippen LogP contribution is -2.41. The summed E-state index contributed by atoms with van der Waals surface area (Å²) in [5.41, 5.74) is 1.69. The number of nitrogens with one attached hydrogen (secondary N) is 1. The predicted octanol–water partition coefficient (Wildman–Crippen LogP) is 3.66. The Bertz CT molecular complexity index is 735. The molecular weight excluding hydrogens is 336 g/mol. The molecule has 2 heterocycles. The molecule has 0 aliphatic carbocycles. The third-order valence-electron chi connectivity index (χ3n) is 4.46. The van der Waals surface area contributed by atoms with Gasteiger partial charge in [0.2, 0.25) is 5.91 Å². The number of amides is 1. The predicted molar refractivity (Wildman–Crippen MR) is 104 cm³/mol. The number of benzene rings is 1. The Kier molecular flexibility index (Phi) is 5.43. The van der Waals surface area contributed by atoms with Gasteiger partial charge in [-0.25, -0.2) is 4.98 Å². The number of pyridine rings is 1. The molecule has 1 aromatic carbocycles. The molecule has 6 heteroatoms. The van der Waals surface area contributed by atoms with E-state index in [0.717, 1.165) is 36.6 Å². The van der Waals surface area contributed by atoms with Crippen LogP contribution in [0, 0.1) is 5.92 Å². The lowest BCUT2D eigenvalue weighted by molar-refractivity contribution is -0.120. The van der Waals surface area contributed by atoms with E-state index in [9.17, 15) is 4.79 Å². The molecule has 0 saturated carbocycles. The van der Waals surface area contributed by atoms with Crippen molar-refractivity contribution in [1.82, 2.24) is 4.98 Å². The molecular formula is C19H23ClN4O. The summed E-state index contributed by atoms with van der Waals surface area (Å²) >= 11 is 6.11. The van der Waals surface area contributed by atoms with Crippen molar-refractivity contribution in [3.8, 4) is 0 Å². The fourth-order valence-corrected chi connectivity index (χ4v) is 3.35. The first kappa shape index (κ1) is 17.5. The van der Waals surface area contributed by atoms with Crippen LogP contribution < -0.4 is 15.1 Å². The molecule has 0 radical (unpaired) electrons. The lowest BCUT2D eigenvalue weighted by atomic mass is 9.97. The molecule has 1 amide bonds. The molecule has 1 saturated heterocycles. The second-order valence-electron chi connectivity index (χ2n) is 6.52. The topological polar surface area (TPSA) is 48.5 Å². The first-order valence-corrected chi connectivity index (χ1v) is 8.86. The van der Waals surface area contributed by atoms with Crippen LogP contribution in [0.25, 0.3) is 0 Å². The second-order valence-corrected chi connectivity index (χ2v) is 6.95. The minimum Gasteiger partial charge on any atom is -0.376 e. The van der Waals surface area contributed by atoms with Gasteiger partial charge >= 0.3 is 0 Å². The number of halogens is 1. The van der Waals surface area contributed by atoms with Gasteiger partial charge in [0.25, 0.3) is 0 Å². The highest BCUT2D eigenvalue weighted by molar-refractivity contribution is 6.31. The molecule has 0 bridgehead atoms. The van der Waals surface area contributed by atoms with Crippen LogP contribution in [0.4, 0.5) is 17.2 Å². The van der Waals surface area contributed by atoms with Gasteiger partial charge in [0.05, 0.1) is 17.3 Å². The first-order valence-electron chi connectivity index (χ1n) is 8.48. The number of carbonyl (C=O) groups excluding carboxylic acids is 1. The van der Waals surface area contributed by atoms with Gasteiger partial charge < -0.3 is 15.1 Å². The van der Waals surface area contributed by atoms with Crippen molar-refractivity contribution >= 4 is 34.7 Å². The van der Waals surface area contributed by atoms with E-state index < -0.39 is 0 Å². The fourth-order valence-electron chi connectivity index (χ4n) is 3.17. The van der Waals surface area contributed by atoms with Crippen molar-refractivity contribution in [3.63, 3.8) is 0 Å². The molecule has 5 nitrogen and oxygen atoms in total. The van der Waals surface area contributed by atoms with Gasteiger partial charge in [-0.05, 0) is 43.2 Å². The van der Waals surface area contributed by atoms with Gasteiger partial charge in [-0.15, -0.1) is 0 Å². The van der Waals surface area contributed by atoms with Crippen LogP contribution >= 0.6 is 11.6 Å². The second kappa shape index (κ2) is 7.74. The maximum absolute atomic E-state index is 12.8. The van der Waals surface area contributed by atoms with Crippen LogP contribution in [0.3, 0.4) is 0 Å². The summed E-state index contributed by atoms with van der Waals surface area (Å²) < 4.78 is 0. The van der Waals surface area contributed by atoms with Gasteiger partial charge in [-0.2, -0.15) is 0 Å². The Morgan fingerprint density at radius 1 is 1.32 bits per heavy atom. The fraction of sp³-hybridized carbons (Fsp3) is 0.368. The standard InChI is InChI=1S/C19H23ClN4O/c1-23(2)17-9-8-15(20)12-16(17)22-19(25)14-6-5-11-24(13-14)18-7-3-4-10-21-18/h3-4,7-10,12,14H,5-6,11,13H2,1-2H3,(H,22,25). The number of nitrogens with zero attached hydrogens (tertiary/aromatic N) is 3. The number of anilines is 3. The van der Waals surface area contributed by atoms with E-state index in [1.165, 1.54) is 0 Å². The van der Waals surface area contributed by atoms with E-state index >= 15 is 0 Å². The Balaban J connectivity index is 1.72. The van der Waals surface area contributed by atoms with Crippen molar-refractivity contribution in [1.29, 1.82) is 0 Å². The summed E-state index contributed by atoms with van der Waals surface area (Å²) in [5.74, 6) is 0.896. The Morgan fingerprint density at radius 2 is 2.16 bits per heavy atom. The molecule has 1 N–H and O–H groups in total. The van der Waals surface area contributed by atoms with Crippen molar-refractivity contribution < 1.29 is 4.79 Å². The Hall–Kier alpha value is -2.27. The highest BCUT2D eigenvalue weighted by Crippen LogP contribution is 2.29. The van der Waals surface area contributed by atoms with E-state index in [2.05, 4.69) is 15.2 Å². The largest absolute Gasteiger partial charge is 0.376 e. The molecule has 25 heavy (non-hydrogen) atoms. The maximum atomic E-state index is 12.8. The van der Waals surface area contributed by atoms with Crippen LogP contribution in [-0.4, -0.2) is 38.1 Å². The van der Waals surface area contributed by atoms with Gasteiger partial charge in [0, 0.05) is 38.4 Å². The van der Waals surface area contributed by atoms with Crippen LogP contribution in [0.15, 0.2) is 42.6 Å². The first-order chi connectivity index (χ1) is 12.0. The number of hydrogen-bond donors (Lipinski definition) is 1. The van der Waals surface area contributed by atoms with Gasteiger partial charge in [-0.1, -0.05) is 17.7 Å². The van der Waals surface area contributed by atoms with Crippen LogP contribution in [0.1, 0.15) is 12.8 Å². The lowest BCUT2D eigenvalue weighted by Gasteiger charge is -2.33. The van der Waals surface area contributed by atoms with E-state index in [0.29, 0.717) is 11.6 Å². The van der Waals surface area contributed by atoms with Crippen LogP contribution in [0.2, 0.25) is 5.02 Å². The Morgan fingerprint density at radius 3 is 2.88 bits per heavy atom. The van der Waals surface area contributed by atoms with E-state index in [-0.39, 0.29) is 11.8 Å². The van der Waals surface area contributed by atoms with Crippen molar-refractivity contribution in [3.05, 3.63) is 47.6 Å². The zero-order valence-electron chi connectivity index (χ0n) is 14.6. The van der Waals surface area contributed by atoms with E-state index in [1.54, 1.807) is 12.3 Å². The van der Waals surface area contributed by atoms with Crippen molar-refractivity contribution in [2.24, 2.45) is 5.92 Å². The molecule has 2 aromatic rings. The number of rotatable bonds is 4. The quantitative estimate of drug-likeness (QED) is 0.906. The van der Waals surface area contributed by atoms with E-state index in [1.807, 2.05) is 49.3 Å². The summed E-state index contributed by atoms with van der Waals surface area (Å²) in [6, 6.07) is 11.4. The number of piperidine rings is 1. The third kappa shape index (κ3) is 4.23. The van der Waals surface area contributed by atoms with Gasteiger partial charge in [0.1, 0.15) is 5.82 Å². The zero-order chi connectivity index (χ0) is 17.8. The molecule has 1 atom stereocenters. The summed E-state index contributed by atoms with van der Waals surface area (Å²) in [7, 11) is 3.89. The van der Waals surface area contributed by atoms with E-state index in [4.69, 9.17) is 11.6 Å². The normalized spacial score (nSPS) is 17.2. The highest BCUT2D eigenvalue weighted by atomic mass is 35.5. The molecule has 3 rings (SSSR count). The zero-order valence-corrected chi connectivity index (χ0v) is 15.3. The minimum atomic E-state index is -0.0650. The summed E-state index contributed by atoms with van der Waals surface area (Å²) in [6.07, 6.45) is 3.64. The summed E-state index contributed by atoms with van der Waals surface area (Å²) in [6.45, 7) is 1.61. The van der Waals surface area contributed by atoms with Crippen molar-refractivity contribution in [2.75, 3.05) is 42.3 Å². The Labute approximate surface area is 153 Å². The number of hydrogen-bond acceptors (Lipinski definition) is 4. The molecule has 0 spiro atoms. The third-order valence-corrected chi connectivity index (χ3v) is 4.70. The maximum Gasteiger partial charge on any atom is 0.229 e. The molecule has 132 valence electrons. The summed E-state index contributed by atoms with van der Waals surface area (Å²) in [4.78, 5) is 21.4. The minimum absolute atomic E-state index is 0.0333.